The fraction of sp³-hybridized carbons (Fsp3) is 0.182. The zero-order valence-electron chi connectivity index (χ0n) is 16.1. The number of halogens is 1. The van der Waals surface area contributed by atoms with Gasteiger partial charge in [0.15, 0.2) is 16.0 Å². The number of nitrogens with zero attached hydrogens (tertiary/aromatic N) is 2. The molecule has 0 saturated carbocycles. The van der Waals surface area contributed by atoms with Crippen molar-refractivity contribution in [3.8, 4) is 11.5 Å². The number of aromatic nitrogens is 1. The predicted octanol–water partition coefficient (Wildman–Crippen LogP) is 5.95. The molecule has 4 rings (SSSR count). The van der Waals surface area contributed by atoms with Gasteiger partial charge in [0.1, 0.15) is 5.52 Å². The van der Waals surface area contributed by atoms with Gasteiger partial charge in [0, 0.05) is 30.0 Å². The lowest BCUT2D eigenvalue weighted by molar-refractivity contribution is 0.0995. The van der Waals surface area contributed by atoms with E-state index in [4.69, 9.17) is 8.83 Å². The second-order valence-electron chi connectivity index (χ2n) is 6.48. The topological polar surface area (TPSA) is 71.5 Å². The van der Waals surface area contributed by atoms with Crippen molar-refractivity contribution in [3.05, 3.63) is 65.0 Å². The summed E-state index contributed by atoms with van der Waals surface area (Å²) in [6.45, 7) is 6.20. The normalized spacial score (nSPS) is 11.0. The molecule has 148 valence electrons. The fourth-order valence-corrected chi connectivity index (χ4v) is 3.47. The van der Waals surface area contributed by atoms with Crippen molar-refractivity contribution in [2.75, 3.05) is 23.3 Å². The van der Waals surface area contributed by atoms with E-state index in [0.29, 0.717) is 27.3 Å². The molecule has 0 fully saturated rings. The van der Waals surface area contributed by atoms with E-state index in [1.54, 1.807) is 30.3 Å². The molecular formula is C22H20BrN3O3. The summed E-state index contributed by atoms with van der Waals surface area (Å²) in [7, 11) is 0. The van der Waals surface area contributed by atoms with Crippen LogP contribution >= 0.6 is 15.9 Å². The van der Waals surface area contributed by atoms with Crippen LogP contribution < -0.4 is 10.2 Å². The SMILES string of the molecule is CCN(CC)c1ccc(-c2nc3cc(NC(=O)c4ccc(Br)o4)ccc3o2)cc1. The van der Waals surface area contributed by atoms with Crippen LogP contribution in [0.4, 0.5) is 11.4 Å². The molecule has 0 spiro atoms. The van der Waals surface area contributed by atoms with Crippen molar-refractivity contribution < 1.29 is 13.6 Å². The van der Waals surface area contributed by atoms with Crippen LogP contribution in [-0.2, 0) is 0 Å². The first-order valence-electron chi connectivity index (χ1n) is 9.40. The zero-order valence-corrected chi connectivity index (χ0v) is 17.7. The lowest BCUT2D eigenvalue weighted by Gasteiger charge is -2.20. The first-order chi connectivity index (χ1) is 14.1. The third-order valence-corrected chi connectivity index (χ3v) is 5.11. The highest BCUT2D eigenvalue weighted by Crippen LogP contribution is 2.28. The van der Waals surface area contributed by atoms with Crippen LogP contribution in [0, 0.1) is 0 Å². The van der Waals surface area contributed by atoms with Gasteiger partial charge in [-0.3, -0.25) is 4.79 Å². The van der Waals surface area contributed by atoms with Crippen LogP contribution in [0.5, 0.6) is 0 Å². The number of carbonyl (C=O) groups is 1. The lowest BCUT2D eigenvalue weighted by Crippen LogP contribution is -2.21. The maximum atomic E-state index is 12.3. The molecule has 1 N–H and O–H groups in total. The Balaban J connectivity index is 1.56. The fourth-order valence-electron chi connectivity index (χ4n) is 3.16. The molecule has 2 aromatic heterocycles. The molecule has 7 heteroatoms. The quantitative estimate of drug-likeness (QED) is 0.390. The maximum Gasteiger partial charge on any atom is 0.291 e. The highest BCUT2D eigenvalue weighted by molar-refractivity contribution is 9.10. The summed E-state index contributed by atoms with van der Waals surface area (Å²) in [4.78, 5) is 19.1. The molecule has 0 atom stereocenters. The van der Waals surface area contributed by atoms with Crippen LogP contribution in [0.3, 0.4) is 0 Å². The number of nitrogens with one attached hydrogen (secondary N) is 1. The third kappa shape index (κ3) is 4.05. The van der Waals surface area contributed by atoms with E-state index in [9.17, 15) is 4.79 Å². The van der Waals surface area contributed by atoms with Crippen molar-refractivity contribution in [3.63, 3.8) is 0 Å². The monoisotopic (exact) mass is 453 g/mol. The molecule has 2 aromatic carbocycles. The molecule has 0 aliphatic rings. The Morgan fingerprint density at radius 1 is 1.03 bits per heavy atom. The lowest BCUT2D eigenvalue weighted by atomic mass is 10.2. The minimum atomic E-state index is -0.328. The number of fused-ring (bicyclic) bond motifs is 1. The Morgan fingerprint density at radius 2 is 1.79 bits per heavy atom. The number of oxazole rings is 1. The molecule has 4 aromatic rings. The highest BCUT2D eigenvalue weighted by atomic mass is 79.9. The van der Waals surface area contributed by atoms with E-state index in [1.165, 1.54) is 5.69 Å². The molecule has 0 aliphatic carbocycles. The Labute approximate surface area is 176 Å². The van der Waals surface area contributed by atoms with Gasteiger partial charge in [-0.05, 0) is 84.4 Å². The largest absolute Gasteiger partial charge is 0.444 e. The van der Waals surface area contributed by atoms with Crippen LogP contribution in [0.25, 0.3) is 22.6 Å². The molecule has 0 radical (unpaired) electrons. The number of hydrogen-bond acceptors (Lipinski definition) is 5. The number of anilines is 2. The minimum absolute atomic E-state index is 0.228. The van der Waals surface area contributed by atoms with Crippen molar-refractivity contribution >= 4 is 44.3 Å². The van der Waals surface area contributed by atoms with Crippen LogP contribution in [0.15, 0.2) is 68.1 Å². The highest BCUT2D eigenvalue weighted by Gasteiger charge is 2.13. The molecule has 29 heavy (non-hydrogen) atoms. The summed E-state index contributed by atoms with van der Waals surface area (Å²) >= 11 is 3.19. The van der Waals surface area contributed by atoms with Gasteiger partial charge in [-0.2, -0.15) is 0 Å². The summed E-state index contributed by atoms with van der Waals surface area (Å²) in [5.74, 6) is 0.446. The summed E-state index contributed by atoms with van der Waals surface area (Å²) < 4.78 is 11.7. The van der Waals surface area contributed by atoms with Gasteiger partial charge in [0.25, 0.3) is 5.91 Å². The smallest absolute Gasteiger partial charge is 0.291 e. The molecule has 0 aliphatic heterocycles. The van der Waals surface area contributed by atoms with Gasteiger partial charge in [-0.15, -0.1) is 0 Å². The maximum absolute atomic E-state index is 12.3. The Bertz CT molecular complexity index is 1140. The molecule has 6 nitrogen and oxygen atoms in total. The summed E-state index contributed by atoms with van der Waals surface area (Å²) in [5.41, 5.74) is 4.03. The summed E-state index contributed by atoms with van der Waals surface area (Å²) in [5, 5.41) is 2.80. The van der Waals surface area contributed by atoms with Crippen molar-refractivity contribution in [1.29, 1.82) is 0 Å². The molecule has 0 saturated heterocycles. The molecule has 0 unspecified atom stereocenters. The van der Waals surface area contributed by atoms with Crippen molar-refractivity contribution in [2.24, 2.45) is 0 Å². The van der Waals surface area contributed by atoms with Gasteiger partial charge in [-0.25, -0.2) is 4.98 Å². The van der Waals surface area contributed by atoms with E-state index < -0.39 is 0 Å². The first-order valence-corrected chi connectivity index (χ1v) is 10.2. The summed E-state index contributed by atoms with van der Waals surface area (Å²) in [6.07, 6.45) is 0. The van der Waals surface area contributed by atoms with Crippen LogP contribution in [-0.4, -0.2) is 24.0 Å². The van der Waals surface area contributed by atoms with Gasteiger partial charge in [0.05, 0.1) is 0 Å². The molecule has 1 amide bonds. The molecular weight excluding hydrogens is 434 g/mol. The van der Waals surface area contributed by atoms with E-state index in [0.717, 1.165) is 18.7 Å². The number of amides is 1. The van der Waals surface area contributed by atoms with E-state index in [2.05, 4.69) is 57.1 Å². The minimum Gasteiger partial charge on any atom is -0.444 e. The van der Waals surface area contributed by atoms with Gasteiger partial charge >= 0.3 is 0 Å². The number of furan rings is 1. The molecule has 0 bridgehead atoms. The van der Waals surface area contributed by atoms with Gasteiger partial charge in [0.2, 0.25) is 5.89 Å². The second-order valence-corrected chi connectivity index (χ2v) is 7.26. The predicted molar refractivity (Wildman–Crippen MR) is 117 cm³/mol. The third-order valence-electron chi connectivity index (χ3n) is 4.69. The number of hydrogen-bond donors (Lipinski definition) is 1. The Morgan fingerprint density at radius 3 is 2.45 bits per heavy atom. The standard InChI is InChI=1S/C22H20BrN3O3/c1-3-26(4-2)16-8-5-14(6-9-16)22-25-17-13-15(7-10-18(17)29-22)24-21(27)19-11-12-20(23)28-19/h5-13H,3-4H2,1-2H3,(H,24,27). The van der Waals surface area contributed by atoms with Gasteiger partial charge < -0.3 is 19.1 Å². The van der Waals surface area contributed by atoms with Crippen molar-refractivity contribution in [1.82, 2.24) is 4.98 Å². The number of rotatable bonds is 6. The first kappa shape index (κ1) is 19.3. The van der Waals surface area contributed by atoms with Gasteiger partial charge in [-0.1, -0.05) is 0 Å². The summed E-state index contributed by atoms with van der Waals surface area (Å²) in [6, 6.07) is 16.8. The van der Waals surface area contributed by atoms with E-state index in [-0.39, 0.29) is 11.7 Å². The van der Waals surface area contributed by atoms with E-state index >= 15 is 0 Å². The molecule has 2 heterocycles. The average Bonchev–Trinajstić information content (AvgIpc) is 3.35. The second kappa shape index (κ2) is 8.13. The Hall–Kier alpha value is -3.06. The number of benzene rings is 2. The average molecular weight is 454 g/mol. The van der Waals surface area contributed by atoms with Crippen molar-refractivity contribution in [2.45, 2.75) is 13.8 Å². The Kier molecular flexibility index (Phi) is 5.40. The van der Waals surface area contributed by atoms with E-state index in [1.807, 2.05) is 12.1 Å². The number of carbonyl (C=O) groups excluding carboxylic acids is 1. The van der Waals surface area contributed by atoms with Crippen LogP contribution in [0.2, 0.25) is 0 Å². The zero-order chi connectivity index (χ0) is 20.4. The van der Waals surface area contributed by atoms with Crippen LogP contribution in [0.1, 0.15) is 24.4 Å².